The molecule has 0 amide bonds. The van der Waals surface area contributed by atoms with Gasteiger partial charge in [-0.25, -0.2) is 4.39 Å². The average Bonchev–Trinajstić information content (AvgIpc) is 2.61. The molecule has 0 spiro atoms. The van der Waals surface area contributed by atoms with E-state index in [4.69, 9.17) is 0 Å². The van der Waals surface area contributed by atoms with E-state index >= 15 is 0 Å². The molecule has 0 bridgehead atoms. The maximum Gasteiger partial charge on any atom is 0.458 e. The lowest BCUT2D eigenvalue weighted by Crippen LogP contribution is -2.24. The highest BCUT2D eigenvalue weighted by atomic mass is 19.4. The molecule has 0 saturated heterocycles. The van der Waals surface area contributed by atoms with E-state index in [0.717, 1.165) is 42.1 Å². The van der Waals surface area contributed by atoms with E-state index in [1.165, 1.54) is 50.7 Å². The largest absolute Gasteiger partial charge is 0.458 e. The summed E-state index contributed by atoms with van der Waals surface area (Å²) in [7, 11) is 0. The molecule has 2 fully saturated rings. The number of alkyl halides is 3. The van der Waals surface area contributed by atoms with Crippen LogP contribution in [0, 0.1) is 35.4 Å². The van der Waals surface area contributed by atoms with Crippen LogP contribution in [-0.4, -0.2) is 6.18 Å². The highest BCUT2D eigenvalue weighted by Gasteiger charge is 2.30. The fourth-order valence-corrected chi connectivity index (χ4v) is 4.71. The van der Waals surface area contributed by atoms with Gasteiger partial charge in [-0.05, 0) is 79.9 Å². The fraction of sp³-hybridized carbons (Fsp3) is 0.636. The molecule has 0 heterocycles. The third kappa shape index (κ3) is 5.02. The Labute approximate surface area is 153 Å². The van der Waals surface area contributed by atoms with Crippen molar-refractivity contribution in [1.82, 2.24) is 0 Å². The Hall–Kier alpha value is -1.50. The first-order valence-electron chi connectivity index (χ1n) is 9.71. The van der Waals surface area contributed by atoms with E-state index in [2.05, 4.69) is 6.92 Å². The first kappa shape index (κ1) is 19.3. The summed E-state index contributed by atoms with van der Waals surface area (Å²) in [6.45, 7) is 2.34. The van der Waals surface area contributed by atoms with Gasteiger partial charge in [-0.1, -0.05) is 31.8 Å². The molecule has 26 heavy (non-hydrogen) atoms. The predicted octanol–water partition coefficient (Wildman–Crippen LogP) is 6.84. The maximum absolute atomic E-state index is 14.1. The van der Waals surface area contributed by atoms with Crippen LogP contribution in [0.5, 0.6) is 0 Å². The van der Waals surface area contributed by atoms with Crippen LogP contribution < -0.4 is 0 Å². The van der Waals surface area contributed by atoms with Gasteiger partial charge < -0.3 is 0 Å². The summed E-state index contributed by atoms with van der Waals surface area (Å²) >= 11 is 0. The Kier molecular flexibility index (Phi) is 5.95. The molecule has 0 unspecified atom stereocenters. The summed E-state index contributed by atoms with van der Waals surface area (Å²) in [6.07, 6.45) is 5.23. The van der Waals surface area contributed by atoms with Gasteiger partial charge in [0.1, 0.15) is 5.82 Å². The molecule has 2 aliphatic rings. The quantitative estimate of drug-likeness (QED) is 0.397. The summed E-state index contributed by atoms with van der Waals surface area (Å²) in [5.41, 5.74) is 0.715. The molecule has 1 aromatic carbocycles. The van der Waals surface area contributed by atoms with Crippen molar-refractivity contribution in [2.45, 2.75) is 70.4 Å². The zero-order valence-electron chi connectivity index (χ0n) is 15.2. The smallest absolute Gasteiger partial charge is 0.206 e. The number of hydrogen-bond acceptors (Lipinski definition) is 0. The van der Waals surface area contributed by atoms with Crippen molar-refractivity contribution in [1.29, 1.82) is 0 Å². The van der Waals surface area contributed by atoms with Crippen molar-refractivity contribution >= 4 is 0 Å². The van der Waals surface area contributed by atoms with E-state index in [1.807, 2.05) is 5.92 Å². The van der Waals surface area contributed by atoms with Crippen LogP contribution >= 0.6 is 0 Å². The van der Waals surface area contributed by atoms with Crippen molar-refractivity contribution in [3.63, 3.8) is 0 Å². The molecule has 0 nitrogen and oxygen atoms in total. The average molecular weight is 366 g/mol. The minimum Gasteiger partial charge on any atom is -0.206 e. The van der Waals surface area contributed by atoms with Crippen molar-refractivity contribution < 1.29 is 17.6 Å². The monoisotopic (exact) mass is 366 g/mol. The van der Waals surface area contributed by atoms with Crippen LogP contribution in [0.25, 0.3) is 0 Å². The minimum atomic E-state index is -4.60. The van der Waals surface area contributed by atoms with E-state index in [-0.39, 0.29) is 5.56 Å². The SMILES string of the molecule is CC1CCC(C2CCC(c3ccc(C#CC(F)(F)F)c(F)c3)CC2)CC1. The first-order valence-corrected chi connectivity index (χ1v) is 9.71. The second-order valence-corrected chi connectivity index (χ2v) is 8.12. The second kappa shape index (κ2) is 8.03. The Balaban J connectivity index is 1.59. The van der Waals surface area contributed by atoms with Gasteiger partial charge in [0.2, 0.25) is 0 Å². The lowest BCUT2D eigenvalue weighted by atomic mass is 9.68. The lowest BCUT2D eigenvalue weighted by Gasteiger charge is -2.37. The van der Waals surface area contributed by atoms with E-state index < -0.39 is 12.0 Å². The molecular formula is C22H26F4. The molecule has 3 rings (SSSR count). The Morgan fingerprint density at radius 1 is 0.885 bits per heavy atom. The molecule has 142 valence electrons. The Morgan fingerprint density at radius 2 is 1.46 bits per heavy atom. The molecule has 0 radical (unpaired) electrons. The fourth-order valence-electron chi connectivity index (χ4n) is 4.71. The number of hydrogen-bond donors (Lipinski definition) is 0. The standard InChI is InChI=1S/C22H26F4/c1-15-2-4-16(5-3-15)17-6-8-18(9-7-17)20-11-10-19(21(23)14-20)12-13-22(24,25)26/h10-11,14-18H,2-9H2,1H3. The van der Waals surface area contributed by atoms with Crippen molar-refractivity contribution in [3.05, 3.63) is 35.1 Å². The summed E-state index contributed by atoms with van der Waals surface area (Å²) in [4.78, 5) is 0. The zero-order valence-corrected chi connectivity index (χ0v) is 15.2. The highest BCUT2D eigenvalue weighted by Crippen LogP contribution is 2.43. The summed E-state index contributed by atoms with van der Waals surface area (Å²) in [6, 6.07) is 4.52. The molecule has 1 aromatic rings. The van der Waals surface area contributed by atoms with Gasteiger partial charge in [-0.2, -0.15) is 13.2 Å². The van der Waals surface area contributed by atoms with Crippen molar-refractivity contribution in [2.75, 3.05) is 0 Å². The maximum atomic E-state index is 14.1. The van der Waals surface area contributed by atoms with Gasteiger partial charge in [0.15, 0.2) is 0 Å². The van der Waals surface area contributed by atoms with Gasteiger partial charge in [-0.15, -0.1) is 0 Å². The van der Waals surface area contributed by atoms with Crippen LogP contribution in [0.15, 0.2) is 18.2 Å². The third-order valence-corrected chi connectivity index (χ3v) is 6.30. The molecule has 0 aliphatic heterocycles. The predicted molar refractivity (Wildman–Crippen MR) is 95.2 cm³/mol. The second-order valence-electron chi connectivity index (χ2n) is 8.12. The molecule has 0 N–H and O–H groups in total. The Morgan fingerprint density at radius 3 is 2.00 bits per heavy atom. The van der Waals surface area contributed by atoms with Crippen LogP contribution in [0.1, 0.15) is 75.3 Å². The van der Waals surface area contributed by atoms with Gasteiger partial charge >= 0.3 is 6.18 Å². The van der Waals surface area contributed by atoms with Crippen LogP contribution in [-0.2, 0) is 0 Å². The normalized spacial score (nSPS) is 29.7. The zero-order chi connectivity index (χ0) is 18.7. The lowest BCUT2D eigenvalue weighted by molar-refractivity contribution is -0.0696. The topological polar surface area (TPSA) is 0 Å². The summed E-state index contributed by atoms with van der Waals surface area (Å²) in [5, 5.41) is 0. The van der Waals surface area contributed by atoms with Gasteiger partial charge in [0, 0.05) is 5.92 Å². The van der Waals surface area contributed by atoms with E-state index in [0.29, 0.717) is 5.92 Å². The van der Waals surface area contributed by atoms with Gasteiger partial charge in [-0.3, -0.25) is 0 Å². The Bertz CT molecular complexity index is 664. The van der Waals surface area contributed by atoms with E-state index in [9.17, 15) is 17.6 Å². The van der Waals surface area contributed by atoms with Crippen LogP contribution in [0.3, 0.4) is 0 Å². The molecular weight excluding hydrogens is 340 g/mol. The molecule has 2 aliphatic carbocycles. The van der Waals surface area contributed by atoms with E-state index in [1.54, 1.807) is 6.07 Å². The van der Waals surface area contributed by atoms with Gasteiger partial charge in [0.05, 0.1) is 5.56 Å². The molecule has 0 aromatic heterocycles. The van der Waals surface area contributed by atoms with Crippen molar-refractivity contribution in [3.8, 4) is 11.8 Å². The minimum absolute atomic E-state index is 0.184. The number of benzene rings is 1. The van der Waals surface area contributed by atoms with Crippen molar-refractivity contribution in [2.24, 2.45) is 17.8 Å². The summed E-state index contributed by atoms with van der Waals surface area (Å²) < 4.78 is 50.6. The number of halogens is 4. The third-order valence-electron chi connectivity index (χ3n) is 6.30. The number of rotatable bonds is 2. The van der Waals surface area contributed by atoms with Crippen LogP contribution in [0.2, 0.25) is 0 Å². The van der Waals surface area contributed by atoms with Crippen LogP contribution in [0.4, 0.5) is 17.6 Å². The molecule has 2 saturated carbocycles. The highest BCUT2D eigenvalue weighted by molar-refractivity contribution is 5.39. The first-order chi connectivity index (χ1) is 12.3. The molecule has 4 heteroatoms. The summed E-state index contributed by atoms with van der Waals surface area (Å²) in [5.74, 6) is 5.19. The molecule has 0 atom stereocenters. The van der Waals surface area contributed by atoms with Gasteiger partial charge in [0.25, 0.3) is 0 Å².